The van der Waals surface area contributed by atoms with Gasteiger partial charge in [0.25, 0.3) is 11.5 Å². The molecule has 1 aromatic carbocycles. The third-order valence-corrected chi connectivity index (χ3v) is 3.85. The molecule has 7 nitrogen and oxygen atoms in total. The SMILES string of the molecule is COC(=O)CCCCCCNC(=O)c1ccc(=O)n(-c2ccccc2)n1. The van der Waals surface area contributed by atoms with E-state index in [0.29, 0.717) is 18.7 Å². The van der Waals surface area contributed by atoms with Crippen molar-refractivity contribution >= 4 is 11.9 Å². The fourth-order valence-electron chi connectivity index (χ4n) is 2.43. The van der Waals surface area contributed by atoms with Crippen LogP contribution in [-0.4, -0.2) is 35.3 Å². The summed E-state index contributed by atoms with van der Waals surface area (Å²) in [6.07, 6.45) is 3.83. The summed E-state index contributed by atoms with van der Waals surface area (Å²) in [7, 11) is 1.38. The van der Waals surface area contributed by atoms with Crippen LogP contribution in [0.25, 0.3) is 5.69 Å². The normalized spacial score (nSPS) is 10.3. The molecule has 1 N–H and O–H groups in total. The third-order valence-electron chi connectivity index (χ3n) is 3.85. The summed E-state index contributed by atoms with van der Waals surface area (Å²) in [6, 6.07) is 11.7. The lowest BCUT2D eigenvalue weighted by molar-refractivity contribution is -0.140. The molecule has 2 aromatic rings. The second kappa shape index (κ2) is 10.1. The number of hydrogen-bond donors (Lipinski definition) is 1. The van der Waals surface area contributed by atoms with E-state index in [4.69, 9.17) is 0 Å². The number of carbonyl (C=O) groups excluding carboxylic acids is 2. The standard InChI is InChI=1S/C19H23N3O4/c1-26-18(24)11-7-2-3-8-14-20-19(25)16-12-13-17(23)22(21-16)15-9-5-4-6-10-15/h4-6,9-10,12-13H,2-3,7-8,11,14H2,1H3,(H,20,25). The number of hydrogen-bond acceptors (Lipinski definition) is 5. The van der Waals surface area contributed by atoms with Crippen LogP contribution in [0.2, 0.25) is 0 Å². The Morgan fingerprint density at radius 1 is 1.04 bits per heavy atom. The van der Waals surface area contributed by atoms with E-state index in [1.165, 1.54) is 23.9 Å². The summed E-state index contributed by atoms with van der Waals surface area (Å²) < 4.78 is 5.79. The van der Waals surface area contributed by atoms with Crippen molar-refractivity contribution in [2.75, 3.05) is 13.7 Å². The quantitative estimate of drug-likeness (QED) is 0.548. The Hall–Kier alpha value is -2.96. The molecular formula is C19H23N3O4. The number of nitrogens with zero attached hydrogens (tertiary/aromatic N) is 2. The van der Waals surface area contributed by atoms with E-state index in [1.54, 1.807) is 24.3 Å². The first kappa shape index (κ1) is 19.4. The monoisotopic (exact) mass is 357 g/mol. The molecule has 0 atom stereocenters. The minimum atomic E-state index is -0.316. The number of para-hydroxylation sites is 1. The van der Waals surface area contributed by atoms with Gasteiger partial charge in [-0.3, -0.25) is 14.4 Å². The maximum Gasteiger partial charge on any atom is 0.305 e. The Balaban J connectivity index is 1.81. The molecule has 2 rings (SSSR count). The largest absolute Gasteiger partial charge is 0.469 e. The highest BCUT2D eigenvalue weighted by atomic mass is 16.5. The second-order valence-corrected chi connectivity index (χ2v) is 5.80. The number of nitrogens with one attached hydrogen (secondary N) is 1. The van der Waals surface area contributed by atoms with Gasteiger partial charge in [0.05, 0.1) is 12.8 Å². The number of esters is 1. The number of aromatic nitrogens is 2. The van der Waals surface area contributed by atoms with Gasteiger partial charge in [-0.1, -0.05) is 31.0 Å². The molecule has 1 heterocycles. The molecule has 0 spiro atoms. The Kier molecular flexibility index (Phi) is 7.54. The van der Waals surface area contributed by atoms with Crippen LogP contribution in [0.5, 0.6) is 0 Å². The van der Waals surface area contributed by atoms with Gasteiger partial charge in [0.1, 0.15) is 5.69 Å². The van der Waals surface area contributed by atoms with Crippen molar-refractivity contribution in [3.8, 4) is 5.69 Å². The van der Waals surface area contributed by atoms with Gasteiger partial charge < -0.3 is 10.1 Å². The molecule has 0 aliphatic carbocycles. The Labute approximate surface area is 152 Å². The summed E-state index contributed by atoms with van der Waals surface area (Å²) in [5, 5.41) is 6.94. The molecule has 26 heavy (non-hydrogen) atoms. The van der Waals surface area contributed by atoms with Crippen molar-refractivity contribution in [3.05, 3.63) is 58.5 Å². The zero-order chi connectivity index (χ0) is 18.8. The average molecular weight is 357 g/mol. The molecule has 0 unspecified atom stereocenters. The van der Waals surface area contributed by atoms with Gasteiger partial charge in [-0.05, 0) is 31.0 Å². The van der Waals surface area contributed by atoms with Gasteiger partial charge >= 0.3 is 5.97 Å². The first-order valence-electron chi connectivity index (χ1n) is 8.62. The molecular weight excluding hydrogens is 334 g/mol. The van der Waals surface area contributed by atoms with E-state index < -0.39 is 0 Å². The highest BCUT2D eigenvalue weighted by Gasteiger charge is 2.10. The molecule has 0 saturated carbocycles. The third kappa shape index (κ3) is 5.84. The topological polar surface area (TPSA) is 90.3 Å². The van der Waals surface area contributed by atoms with Crippen molar-refractivity contribution in [3.63, 3.8) is 0 Å². The lowest BCUT2D eigenvalue weighted by Crippen LogP contribution is -2.29. The maximum absolute atomic E-state index is 12.2. The van der Waals surface area contributed by atoms with Crippen LogP contribution in [0.4, 0.5) is 0 Å². The summed E-state index contributed by atoms with van der Waals surface area (Å²) >= 11 is 0. The van der Waals surface area contributed by atoms with Crippen molar-refractivity contribution < 1.29 is 14.3 Å². The van der Waals surface area contributed by atoms with Crippen LogP contribution in [0.15, 0.2) is 47.3 Å². The highest BCUT2D eigenvalue weighted by Crippen LogP contribution is 2.04. The van der Waals surface area contributed by atoms with Gasteiger partial charge in [-0.25, -0.2) is 0 Å². The first-order valence-corrected chi connectivity index (χ1v) is 8.62. The molecule has 7 heteroatoms. The first-order chi connectivity index (χ1) is 12.6. The number of benzene rings is 1. The number of unbranched alkanes of at least 4 members (excludes halogenated alkanes) is 3. The van der Waals surface area contributed by atoms with Crippen molar-refractivity contribution in [2.24, 2.45) is 0 Å². The highest BCUT2D eigenvalue weighted by molar-refractivity contribution is 5.92. The predicted octanol–water partition coefficient (Wildman–Crippen LogP) is 2.09. The lowest BCUT2D eigenvalue weighted by Gasteiger charge is -2.08. The van der Waals surface area contributed by atoms with Crippen molar-refractivity contribution in [2.45, 2.75) is 32.1 Å². The van der Waals surface area contributed by atoms with E-state index in [-0.39, 0.29) is 23.1 Å². The smallest absolute Gasteiger partial charge is 0.305 e. The van der Waals surface area contributed by atoms with Crippen LogP contribution in [0.3, 0.4) is 0 Å². The number of amides is 1. The molecule has 1 amide bonds. The molecule has 0 saturated heterocycles. The number of rotatable bonds is 9. The van der Waals surface area contributed by atoms with Gasteiger partial charge in [-0.15, -0.1) is 0 Å². The van der Waals surface area contributed by atoms with Crippen LogP contribution in [-0.2, 0) is 9.53 Å². The average Bonchev–Trinajstić information content (AvgIpc) is 2.67. The molecule has 0 aliphatic heterocycles. The van der Waals surface area contributed by atoms with E-state index in [0.717, 1.165) is 25.7 Å². The molecule has 0 bridgehead atoms. The summed E-state index contributed by atoms with van der Waals surface area (Å²) in [6.45, 7) is 0.517. The number of methoxy groups -OCH3 is 1. The fraction of sp³-hybridized carbons (Fsp3) is 0.368. The predicted molar refractivity (Wildman–Crippen MR) is 97.3 cm³/mol. The van der Waals surface area contributed by atoms with Gasteiger partial charge in [0, 0.05) is 19.0 Å². The van der Waals surface area contributed by atoms with Crippen molar-refractivity contribution in [1.82, 2.24) is 15.1 Å². The van der Waals surface area contributed by atoms with Crippen LogP contribution in [0.1, 0.15) is 42.6 Å². The van der Waals surface area contributed by atoms with Crippen LogP contribution < -0.4 is 10.9 Å². The van der Waals surface area contributed by atoms with E-state index in [9.17, 15) is 14.4 Å². The van der Waals surface area contributed by atoms with Crippen LogP contribution in [0, 0.1) is 0 Å². The van der Waals surface area contributed by atoms with Gasteiger partial charge in [0.15, 0.2) is 0 Å². The minimum absolute atomic E-state index is 0.194. The van der Waals surface area contributed by atoms with Gasteiger partial charge in [0.2, 0.25) is 0 Å². The van der Waals surface area contributed by atoms with Crippen molar-refractivity contribution in [1.29, 1.82) is 0 Å². The van der Waals surface area contributed by atoms with Gasteiger partial charge in [-0.2, -0.15) is 9.78 Å². The number of carbonyl (C=O) groups is 2. The second-order valence-electron chi connectivity index (χ2n) is 5.80. The molecule has 0 aliphatic rings. The Morgan fingerprint density at radius 3 is 2.50 bits per heavy atom. The Morgan fingerprint density at radius 2 is 1.77 bits per heavy atom. The molecule has 1 aromatic heterocycles. The summed E-state index contributed by atoms with van der Waals surface area (Å²) in [5.41, 5.74) is 0.509. The fourth-order valence-corrected chi connectivity index (χ4v) is 2.43. The summed E-state index contributed by atoms with van der Waals surface area (Å²) in [4.78, 5) is 35.2. The van der Waals surface area contributed by atoms with E-state index >= 15 is 0 Å². The zero-order valence-electron chi connectivity index (χ0n) is 14.8. The zero-order valence-corrected chi connectivity index (χ0v) is 14.8. The molecule has 138 valence electrons. The molecule has 0 radical (unpaired) electrons. The number of ether oxygens (including phenoxy) is 1. The summed E-state index contributed by atoms with van der Waals surface area (Å²) in [5.74, 6) is -0.512. The van der Waals surface area contributed by atoms with E-state index in [2.05, 4.69) is 15.2 Å². The lowest BCUT2D eigenvalue weighted by atomic mass is 10.1. The Bertz CT molecular complexity index is 787. The van der Waals surface area contributed by atoms with Crippen LogP contribution >= 0.6 is 0 Å². The molecule has 0 fully saturated rings. The van der Waals surface area contributed by atoms with E-state index in [1.807, 2.05) is 6.07 Å². The maximum atomic E-state index is 12.2. The minimum Gasteiger partial charge on any atom is -0.469 e.